The highest BCUT2D eigenvalue weighted by Gasteiger charge is 2.44. The highest BCUT2D eigenvalue weighted by atomic mass is 32.1. The third-order valence-electron chi connectivity index (χ3n) is 3.22. The van der Waals surface area contributed by atoms with Gasteiger partial charge in [-0.15, -0.1) is 0 Å². The summed E-state index contributed by atoms with van der Waals surface area (Å²) in [6.45, 7) is -0.512. The van der Waals surface area contributed by atoms with Gasteiger partial charge in [0.15, 0.2) is 5.11 Å². The number of ether oxygens (including phenoxy) is 2. The summed E-state index contributed by atoms with van der Waals surface area (Å²) in [5.74, 6) is 0.359. The predicted molar refractivity (Wildman–Crippen MR) is 81.2 cm³/mol. The van der Waals surface area contributed by atoms with Crippen LogP contribution in [0.15, 0.2) is 24.3 Å². The molecule has 2 rings (SSSR count). The third-order valence-corrected chi connectivity index (χ3v) is 3.32. The zero-order valence-corrected chi connectivity index (χ0v) is 12.3. The molecule has 0 amide bonds. The second-order valence-corrected chi connectivity index (χ2v) is 5.27. The van der Waals surface area contributed by atoms with Crippen LogP contribution in [0.2, 0.25) is 0 Å². The van der Waals surface area contributed by atoms with Gasteiger partial charge < -0.3 is 41.0 Å². The summed E-state index contributed by atoms with van der Waals surface area (Å²) in [5, 5.41) is 41.2. The lowest BCUT2D eigenvalue weighted by molar-refractivity contribution is -0.277. The first-order valence-corrected chi connectivity index (χ1v) is 6.97. The van der Waals surface area contributed by atoms with Crippen LogP contribution in [0.1, 0.15) is 0 Å². The van der Waals surface area contributed by atoms with Crippen molar-refractivity contribution in [2.24, 2.45) is 5.73 Å². The predicted octanol–water partition coefficient (Wildman–Crippen LogP) is -1.48. The van der Waals surface area contributed by atoms with Gasteiger partial charge in [0, 0.05) is 5.69 Å². The van der Waals surface area contributed by atoms with Gasteiger partial charge in [0.25, 0.3) is 0 Å². The summed E-state index contributed by atoms with van der Waals surface area (Å²) in [7, 11) is 0. The minimum atomic E-state index is -1.48. The van der Waals surface area contributed by atoms with Crippen LogP contribution in [-0.2, 0) is 4.74 Å². The number of hydrogen-bond donors (Lipinski definition) is 6. The number of benzene rings is 1. The zero-order chi connectivity index (χ0) is 16.3. The molecule has 7 N–H and O–H groups in total. The van der Waals surface area contributed by atoms with Crippen molar-refractivity contribution in [2.75, 3.05) is 11.9 Å². The van der Waals surface area contributed by atoms with Crippen LogP contribution in [0.25, 0.3) is 0 Å². The van der Waals surface area contributed by atoms with Gasteiger partial charge in [-0.25, -0.2) is 0 Å². The molecule has 5 unspecified atom stereocenters. The van der Waals surface area contributed by atoms with Gasteiger partial charge in [0.2, 0.25) is 6.29 Å². The topological polar surface area (TPSA) is 137 Å². The summed E-state index contributed by atoms with van der Waals surface area (Å²) >= 11 is 4.71. The number of aliphatic hydroxyl groups is 4. The monoisotopic (exact) mass is 330 g/mol. The molecule has 1 aliphatic rings. The molecule has 0 aliphatic carbocycles. The Morgan fingerprint density at radius 2 is 1.82 bits per heavy atom. The van der Waals surface area contributed by atoms with Gasteiger partial charge in [-0.1, -0.05) is 0 Å². The van der Waals surface area contributed by atoms with Crippen molar-refractivity contribution in [1.29, 1.82) is 0 Å². The number of thiocarbonyl (C=S) groups is 1. The number of nitrogens with one attached hydrogen (secondary N) is 1. The minimum Gasteiger partial charge on any atom is -0.462 e. The van der Waals surface area contributed by atoms with Gasteiger partial charge in [-0.2, -0.15) is 0 Å². The number of nitrogens with two attached hydrogens (primary N) is 1. The number of rotatable bonds is 4. The van der Waals surface area contributed by atoms with Crippen LogP contribution in [0, 0.1) is 0 Å². The van der Waals surface area contributed by atoms with Gasteiger partial charge in [-0.3, -0.25) is 0 Å². The Kier molecular flexibility index (Phi) is 5.51. The van der Waals surface area contributed by atoms with E-state index < -0.39 is 37.3 Å². The second-order valence-electron chi connectivity index (χ2n) is 4.83. The van der Waals surface area contributed by atoms with Crippen molar-refractivity contribution >= 4 is 23.0 Å². The fourth-order valence-corrected chi connectivity index (χ4v) is 2.18. The maximum atomic E-state index is 9.87. The standard InChI is InChI=1S/C13H18N2O6S/c14-13(22)15-6-1-3-7(4-2-6)20-12-11(19)10(18)9(17)8(5-16)21-12/h1-4,8-12,16-19H,5H2,(H3,14,15,22). The molecule has 0 bridgehead atoms. The first kappa shape index (κ1) is 16.9. The molecule has 0 spiro atoms. The molecule has 0 saturated carbocycles. The lowest BCUT2D eigenvalue weighted by Crippen LogP contribution is -2.60. The van der Waals surface area contributed by atoms with Crippen molar-refractivity contribution < 1.29 is 29.9 Å². The van der Waals surface area contributed by atoms with Gasteiger partial charge in [-0.05, 0) is 36.5 Å². The molecule has 1 heterocycles. The van der Waals surface area contributed by atoms with Crippen LogP contribution >= 0.6 is 12.2 Å². The van der Waals surface area contributed by atoms with Crippen molar-refractivity contribution in [3.63, 3.8) is 0 Å². The van der Waals surface area contributed by atoms with E-state index in [0.29, 0.717) is 11.4 Å². The van der Waals surface area contributed by atoms with E-state index >= 15 is 0 Å². The second kappa shape index (κ2) is 7.18. The quantitative estimate of drug-likeness (QED) is 0.365. The summed E-state index contributed by atoms with van der Waals surface area (Å²) in [5.41, 5.74) is 6.01. The SMILES string of the molecule is NC(=S)Nc1ccc(OC2OC(CO)C(O)C(O)C2O)cc1. The van der Waals surface area contributed by atoms with Crippen molar-refractivity contribution in [2.45, 2.75) is 30.7 Å². The molecule has 9 heteroatoms. The van der Waals surface area contributed by atoms with E-state index in [-0.39, 0.29) is 5.11 Å². The highest BCUT2D eigenvalue weighted by Crippen LogP contribution is 2.25. The first-order chi connectivity index (χ1) is 10.4. The molecular weight excluding hydrogens is 312 g/mol. The van der Waals surface area contributed by atoms with Crippen molar-refractivity contribution in [3.8, 4) is 5.75 Å². The summed E-state index contributed by atoms with van der Waals surface area (Å²) in [4.78, 5) is 0. The molecule has 1 aromatic carbocycles. The minimum absolute atomic E-state index is 0.127. The molecule has 5 atom stereocenters. The van der Waals surface area contributed by atoms with Crippen LogP contribution in [0.4, 0.5) is 5.69 Å². The lowest BCUT2D eigenvalue weighted by atomic mass is 9.99. The lowest BCUT2D eigenvalue weighted by Gasteiger charge is -2.39. The van der Waals surface area contributed by atoms with E-state index in [1.165, 1.54) is 0 Å². The zero-order valence-electron chi connectivity index (χ0n) is 11.5. The molecule has 0 aromatic heterocycles. The summed E-state index contributed by atoms with van der Waals surface area (Å²) in [6.07, 6.45) is -6.58. The van der Waals surface area contributed by atoms with E-state index in [4.69, 9.17) is 32.5 Å². The Morgan fingerprint density at radius 1 is 1.18 bits per heavy atom. The number of anilines is 1. The molecule has 1 aliphatic heterocycles. The molecule has 0 radical (unpaired) electrons. The number of hydrogen-bond acceptors (Lipinski definition) is 7. The van der Waals surface area contributed by atoms with Gasteiger partial charge in [0.05, 0.1) is 6.61 Å². The van der Waals surface area contributed by atoms with Crippen LogP contribution < -0.4 is 15.8 Å². The molecule has 22 heavy (non-hydrogen) atoms. The van der Waals surface area contributed by atoms with E-state index in [1.54, 1.807) is 24.3 Å². The molecular formula is C13H18N2O6S. The van der Waals surface area contributed by atoms with Crippen LogP contribution in [-0.4, -0.2) is 62.9 Å². The van der Waals surface area contributed by atoms with E-state index in [9.17, 15) is 15.3 Å². The van der Waals surface area contributed by atoms with E-state index in [0.717, 1.165) is 0 Å². The van der Waals surface area contributed by atoms with Crippen LogP contribution in [0.5, 0.6) is 5.75 Å². The normalized spacial score (nSPS) is 31.5. The average molecular weight is 330 g/mol. The van der Waals surface area contributed by atoms with Gasteiger partial charge >= 0.3 is 0 Å². The first-order valence-electron chi connectivity index (χ1n) is 6.56. The molecule has 1 aromatic rings. The van der Waals surface area contributed by atoms with Crippen molar-refractivity contribution in [3.05, 3.63) is 24.3 Å². The fourth-order valence-electron chi connectivity index (χ4n) is 2.06. The Balaban J connectivity index is 2.04. The maximum Gasteiger partial charge on any atom is 0.229 e. The fraction of sp³-hybridized carbons (Fsp3) is 0.462. The maximum absolute atomic E-state index is 9.87. The highest BCUT2D eigenvalue weighted by molar-refractivity contribution is 7.80. The molecule has 1 saturated heterocycles. The molecule has 8 nitrogen and oxygen atoms in total. The average Bonchev–Trinajstić information content (AvgIpc) is 2.49. The Bertz CT molecular complexity index is 512. The summed E-state index contributed by atoms with van der Waals surface area (Å²) < 4.78 is 10.7. The largest absolute Gasteiger partial charge is 0.462 e. The van der Waals surface area contributed by atoms with Crippen LogP contribution in [0.3, 0.4) is 0 Å². The Labute approximate surface area is 132 Å². The third kappa shape index (κ3) is 3.83. The van der Waals surface area contributed by atoms with Gasteiger partial charge in [0.1, 0.15) is 30.2 Å². The summed E-state index contributed by atoms with van der Waals surface area (Å²) in [6, 6.07) is 6.47. The van der Waals surface area contributed by atoms with E-state index in [2.05, 4.69) is 5.32 Å². The Hall–Kier alpha value is -1.49. The smallest absolute Gasteiger partial charge is 0.229 e. The molecule has 122 valence electrons. The number of aliphatic hydroxyl groups excluding tert-OH is 4. The Morgan fingerprint density at radius 3 is 2.36 bits per heavy atom. The van der Waals surface area contributed by atoms with Crippen molar-refractivity contribution in [1.82, 2.24) is 0 Å². The molecule has 1 fully saturated rings. The van der Waals surface area contributed by atoms with E-state index in [1.807, 2.05) is 0 Å².